The predicted octanol–water partition coefficient (Wildman–Crippen LogP) is 7.68. The molecule has 1 atom stereocenters. The second-order valence-electron chi connectivity index (χ2n) is 16.3. The number of nitrogens with one attached hydrogen (secondary N) is 4. The number of rotatable bonds is 13. The van der Waals surface area contributed by atoms with Gasteiger partial charge in [0.1, 0.15) is 5.82 Å². The van der Waals surface area contributed by atoms with Crippen LogP contribution in [0.15, 0.2) is 91.1 Å². The highest BCUT2D eigenvalue weighted by Crippen LogP contribution is 2.34. The van der Waals surface area contributed by atoms with Crippen LogP contribution < -0.4 is 31.9 Å². The molecule has 1 unspecified atom stereocenters. The van der Waals surface area contributed by atoms with Gasteiger partial charge in [0.15, 0.2) is 11.6 Å². The number of hydrogen-bond donors (Lipinski definition) is 5. The smallest absolute Gasteiger partial charge is 0.251 e. The van der Waals surface area contributed by atoms with E-state index in [0.29, 0.717) is 69.8 Å². The number of carbonyl (C=O) groups excluding carboxylic acids is 4. The van der Waals surface area contributed by atoms with Gasteiger partial charge in [0, 0.05) is 71.7 Å². The summed E-state index contributed by atoms with van der Waals surface area (Å²) in [7, 11) is 0. The minimum Gasteiger partial charge on any atom is -0.367 e. The molecule has 3 heterocycles. The molecule has 2 aliphatic heterocycles. The van der Waals surface area contributed by atoms with Crippen molar-refractivity contribution in [2.24, 2.45) is 11.7 Å². The van der Waals surface area contributed by atoms with E-state index < -0.39 is 17.6 Å². The molecule has 4 aromatic carbocycles. The van der Waals surface area contributed by atoms with E-state index in [1.54, 1.807) is 78.9 Å². The first-order valence-electron chi connectivity index (χ1n) is 21.2. The van der Waals surface area contributed by atoms with Crippen molar-refractivity contribution in [2.45, 2.75) is 56.9 Å². The third-order valence-corrected chi connectivity index (χ3v) is 12.6. The molecule has 0 bridgehead atoms. The fourth-order valence-electron chi connectivity index (χ4n) is 8.67. The Hall–Kier alpha value is -6.45. The fourth-order valence-corrected chi connectivity index (χ4v) is 8.91. The van der Waals surface area contributed by atoms with Crippen LogP contribution in [0.3, 0.4) is 0 Å². The van der Waals surface area contributed by atoms with E-state index in [-0.39, 0.29) is 53.3 Å². The van der Waals surface area contributed by atoms with Gasteiger partial charge in [-0.15, -0.1) is 0 Å². The molecule has 13 nitrogen and oxygen atoms in total. The molecule has 2 saturated heterocycles. The first-order valence-corrected chi connectivity index (χ1v) is 21.6. The Morgan fingerprint density at radius 2 is 1.57 bits per heavy atom. The van der Waals surface area contributed by atoms with Gasteiger partial charge in [0.2, 0.25) is 23.7 Å². The fraction of sp³-hybridized carbons (Fsp3) is 0.319. The number of anilines is 5. The van der Waals surface area contributed by atoms with Crippen LogP contribution in [0.1, 0.15) is 77.1 Å². The van der Waals surface area contributed by atoms with E-state index >= 15 is 4.39 Å². The SMILES string of the molecule is NC(=O)c1ccc(Nc2nc(Nc3ccc(C(=O)NC4CCC(CCN5CCN(c6ccc(C7CCC(=O)NC7=O)cc6F)CC5)CC4)cc3)ncc2F)cc1-c1ccccc1Cl. The van der Waals surface area contributed by atoms with Gasteiger partial charge in [-0.25, -0.2) is 13.8 Å². The zero-order chi connectivity index (χ0) is 44.0. The number of halogens is 3. The Kier molecular flexibility index (Phi) is 13.2. The second-order valence-corrected chi connectivity index (χ2v) is 16.8. The number of piperidine rings is 1. The van der Waals surface area contributed by atoms with Gasteiger partial charge in [-0.3, -0.25) is 29.4 Å². The molecule has 16 heteroatoms. The second kappa shape index (κ2) is 19.3. The summed E-state index contributed by atoms with van der Waals surface area (Å²) in [6.45, 7) is 4.09. The van der Waals surface area contributed by atoms with Crippen molar-refractivity contribution in [1.82, 2.24) is 25.5 Å². The van der Waals surface area contributed by atoms with E-state index in [9.17, 15) is 23.6 Å². The highest BCUT2D eigenvalue weighted by Gasteiger charge is 2.30. The Morgan fingerprint density at radius 3 is 2.29 bits per heavy atom. The molecule has 0 spiro atoms. The molecule has 1 saturated carbocycles. The number of carbonyl (C=O) groups is 4. The molecular weight excluding hydrogens is 828 g/mol. The normalized spacial score (nSPS) is 19.3. The minimum absolute atomic E-state index is 0.0951. The van der Waals surface area contributed by atoms with Crippen LogP contribution in [0.4, 0.5) is 37.6 Å². The van der Waals surface area contributed by atoms with Crippen LogP contribution in [-0.4, -0.2) is 77.3 Å². The van der Waals surface area contributed by atoms with Crippen molar-refractivity contribution in [2.75, 3.05) is 48.3 Å². The number of aromatic nitrogens is 2. The van der Waals surface area contributed by atoms with E-state index in [1.165, 1.54) is 6.07 Å². The molecule has 1 aliphatic carbocycles. The molecule has 63 heavy (non-hydrogen) atoms. The van der Waals surface area contributed by atoms with E-state index in [4.69, 9.17) is 17.3 Å². The maximum Gasteiger partial charge on any atom is 0.251 e. The van der Waals surface area contributed by atoms with Crippen LogP contribution in [0.2, 0.25) is 5.02 Å². The molecule has 1 aromatic heterocycles. The number of nitrogens with zero attached hydrogens (tertiary/aromatic N) is 4. The van der Waals surface area contributed by atoms with E-state index in [0.717, 1.165) is 57.9 Å². The lowest BCUT2D eigenvalue weighted by Crippen LogP contribution is -2.47. The highest BCUT2D eigenvalue weighted by molar-refractivity contribution is 6.33. The maximum absolute atomic E-state index is 15.2. The van der Waals surface area contributed by atoms with Crippen molar-refractivity contribution in [3.63, 3.8) is 0 Å². The van der Waals surface area contributed by atoms with Crippen molar-refractivity contribution >= 4 is 64.1 Å². The quantitative estimate of drug-likeness (QED) is 0.0739. The van der Waals surface area contributed by atoms with Gasteiger partial charge in [0.25, 0.3) is 5.91 Å². The first kappa shape index (κ1) is 43.2. The third kappa shape index (κ3) is 10.4. The molecule has 0 radical (unpaired) electrons. The summed E-state index contributed by atoms with van der Waals surface area (Å²) in [5.74, 6) is -2.36. The summed E-state index contributed by atoms with van der Waals surface area (Å²) in [5.41, 5.74) is 9.67. The van der Waals surface area contributed by atoms with E-state index in [2.05, 4.69) is 41.0 Å². The number of nitrogens with two attached hydrogens (primary N) is 1. The first-order chi connectivity index (χ1) is 30.5. The zero-order valence-electron chi connectivity index (χ0n) is 34.5. The van der Waals surface area contributed by atoms with Crippen molar-refractivity contribution in [3.05, 3.63) is 124 Å². The molecule has 326 valence electrons. The van der Waals surface area contributed by atoms with Crippen molar-refractivity contribution in [1.29, 1.82) is 0 Å². The van der Waals surface area contributed by atoms with Crippen LogP contribution in [0.5, 0.6) is 0 Å². The summed E-state index contributed by atoms with van der Waals surface area (Å²) in [4.78, 5) is 62.0. The van der Waals surface area contributed by atoms with E-state index in [1.807, 2.05) is 0 Å². The summed E-state index contributed by atoms with van der Waals surface area (Å²) < 4.78 is 30.1. The molecule has 8 rings (SSSR count). The Morgan fingerprint density at radius 1 is 0.825 bits per heavy atom. The summed E-state index contributed by atoms with van der Waals surface area (Å²) in [5, 5.41) is 12.0. The lowest BCUT2D eigenvalue weighted by atomic mass is 9.84. The Balaban J connectivity index is 0.772. The van der Waals surface area contributed by atoms with Gasteiger partial charge in [-0.1, -0.05) is 35.9 Å². The number of primary amides is 1. The standard InChI is InChI=1S/C47H48ClF2N9O4/c48-38-4-2-1-3-35(38)37-26-33(14-15-36(37)43(51)61)53-44-40(50)27-52-47(57-44)55-32-12-7-29(8-13-32)45(62)54-31-10-5-28(6-11-31)19-20-58-21-23-59(24-22-58)41-17-9-30(25-39(41)49)34-16-18-42(60)56-46(34)63/h1-4,7-9,12-15,17,25-28,31,34H,5-6,10-11,16,18-24H2,(H2,51,61)(H,54,62)(H,56,60,63)(H2,52,53,55,57). The Labute approximate surface area is 368 Å². The van der Waals surface area contributed by atoms with Crippen LogP contribution >= 0.6 is 11.6 Å². The van der Waals surface area contributed by atoms with Crippen molar-refractivity contribution in [3.8, 4) is 11.1 Å². The average molecular weight is 876 g/mol. The topological polar surface area (TPSA) is 175 Å². The number of piperazine rings is 1. The number of hydrogen-bond acceptors (Lipinski definition) is 10. The van der Waals surface area contributed by atoms with Crippen LogP contribution in [0.25, 0.3) is 11.1 Å². The third-order valence-electron chi connectivity index (χ3n) is 12.2. The molecule has 3 fully saturated rings. The monoisotopic (exact) mass is 875 g/mol. The number of benzene rings is 4. The zero-order valence-corrected chi connectivity index (χ0v) is 35.3. The molecular formula is C47H48ClF2N9O4. The Bertz CT molecular complexity index is 2510. The van der Waals surface area contributed by atoms with Crippen molar-refractivity contribution < 1.29 is 28.0 Å². The van der Waals surface area contributed by atoms with Gasteiger partial charge >= 0.3 is 0 Å². The summed E-state index contributed by atoms with van der Waals surface area (Å²) in [6.07, 6.45) is 6.66. The average Bonchev–Trinajstić information content (AvgIpc) is 3.28. The van der Waals surface area contributed by atoms with Gasteiger partial charge in [-0.2, -0.15) is 4.98 Å². The van der Waals surface area contributed by atoms with Crippen LogP contribution in [-0.2, 0) is 9.59 Å². The number of amides is 4. The molecule has 3 aliphatic rings. The molecule has 5 aromatic rings. The minimum atomic E-state index is -0.692. The largest absolute Gasteiger partial charge is 0.367 e. The highest BCUT2D eigenvalue weighted by atomic mass is 35.5. The van der Waals surface area contributed by atoms with Gasteiger partial charge in [-0.05, 0) is 123 Å². The van der Waals surface area contributed by atoms with Gasteiger partial charge in [0.05, 0.1) is 17.8 Å². The summed E-state index contributed by atoms with van der Waals surface area (Å²) >= 11 is 6.41. The maximum atomic E-state index is 15.2. The summed E-state index contributed by atoms with van der Waals surface area (Å²) in [6, 6.07) is 23.8. The predicted molar refractivity (Wildman–Crippen MR) is 238 cm³/mol. The van der Waals surface area contributed by atoms with Crippen LogP contribution in [0, 0.1) is 17.6 Å². The molecule has 4 amide bonds. The lowest BCUT2D eigenvalue weighted by Gasteiger charge is -2.37. The molecule has 6 N–H and O–H groups in total. The van der Waals surface area contributed by atoms with Gasteiger partial charge < -0.3 is 26.6 Å². The lowest BCUT2D eigenvalue weighted by molar-refractivity contribution is -0.134. The number of imide groups is 1.